The van der Waals surface area contributed by atoms with Gasteiger partial charge in [-0.05, 0) is 44.0 Å². The Labute approximate surface area is 126 Å². The third-order valence-corrected chi connectivity index (χ3v) is 4.30. The lowest BCUT2D eigenvalue weighted by molar-refractivity contribution is -0.118. The van der Waals surface area contributed by atoms with Crippen LogP contribution >= 0.6 is 0 Å². The summed E-state index contributed by atoms with van der Waals surface area (Å²) in [5.41, 5.74) is 1.12. The number of benzene rings is 1. The summed E-state index contributed by atoms with van der Waals surface area (Å²) in [4.78, 5) is 14.4. The predicted molar refractivity (Wildman–Crippen MR) is 83.9 cm³/mol. The zero-order chi connectivity index (χ0) is 15.2. The van der Waals surface area contributed by atoms with E-state index < -0.39 is 0 Å². The van der Waals surface area contributed by atoms with Crippen molar-refractivity contribution in [2.45, 2.75) is 52.0 Å². The van der Waals surface area contributed by atoms with Crippen LogP contribution in [0.5, 0.6) is 0 Å². The molecule has 0 aliphatic heterocycles. The quantitative estimate of drug-likeness (QED) is 0.897. The standard InChI is InChI=1S/C17H25FN2O/c1-3-20(15-7-5-4-6-8-15)12-17(21)19-14-10-9-13(2)16(18)11-14/h9-11,15H,3-8,12H2,1-2H3,(H,19,21). The summed E-state index contributed by atoms with van der Waals surface area (Å²) < 4.78 is 13.5. The van der Waals surface area contributed by atoms with Gasteiger partial charge in [0.25, 0.3) is 0 Å². The third-order valence-electron chi connectivity index (χ3n) is 4.30. The Hall–Kier alpha value is -1.42. The van der Waals surface area contributed by atoms with Crippen molar-refractivity contribution in [1.29, 1.82) is 0 Å². The van der Waals surface area contributed by atoms with Gasteiger partial charge in [0.1, 0.15) is 5.82 Å². The number of carbonyl (C=O) groups is 1. The second-order valence-corrected chi connectivity index (χ2v) is 5.87. The second kappa shape index (κ2) is 7.55. The van der Waals surface area contributed by atoms with Crippen molar-refractivity contribution in [3.8, 4) is 0 Å². The topological polar surface area (TPSA) is 32.3 Å². The smallest absolute Gasteiger partial charge is 0.238 e. The number of nitrogens with zero attached hydrogens (tertiary/aromatic N) is 1. The van der Waals surface area contributed by atoms with Crippen molar-refractivity contribution in [2.75, 3.05) is 18.4 Å². The maximum absolute atomic E-state index is 13.5. The highest BCUT2D eigenvalue weighted by Crippen LogP contribution is 2.22. The normalized spacial score (nSPS) is 16.2. The van der Waals surface area contributed by atoms with Crippen LogP contribution in [0.3, 0.4) is 0 Å². The third kappa shape index (κ3) is 4.53. The SMILES string of the molecule is CCN(CC(=O)Nc1ccc(C)c(F)c1)C1CCCCC1. The zero-order valence-corrected chi connectivity index (χ0v) is 13.0. The fraction of sp³-hybridized carbons (Fsp3) is 0.588. The fourth-order valence-corrected chi connectivity index (χ4v) is 3.00. The minimum absolute atomic E-state index is 0.0642. The van der Waals surface area contributed by atoms with E-state index in [1.807, 2.05) is 0 Å². The van der Waals surface area contributed by atoms with E-state index in [-0.39, 0.29) is 11.7 Å². The minimum atomic E-state index is -0.285. The van der Waals surface area contributed by atoms with Crippen molar-refractivity contribution in [1.82, 2.24) is 4.90 Å². The molecule has 4 heteroatoms. The molecule has 1 aromatic carbocycles. The lowest BCUT2D eigenvalue weighted by atomic mass is 9.94. The van der Waals surface area contributed by atoms with Crippen LogP contribution in [0.4, 0.5) is 10.1 Å². The molecule has 1 N–H and O–H groups in total. The maximum Gasteiger partial charge on any atom is 0.238 e. The number of hydrogen-bond acceptors (Lipinski definition) is 2. The van der Waals surface area contributed by atoms with Gasteiger partial charge in [0.15, 0.2) is 0 Å². The Morgan fingerprint density at radius 3 is 2.67 bits per heavy atom. The molecule has 0 radical (unpaired) electrons. The number of hydrogen-bond donors (Lipinski definition) is 1. The van der Waals surface area contributed by atoms with Crippen LogP contribution in [0, 0.1) is 12.7 Å². The Bertz CT molecular complexity index is 484. The molecule has 1 aliphatic carbocycles. The first kappa shape index (κ1) is 16.0. The molecule has 1 amide bonds. The van der Waals surface area contributed by atoms with Crippen LogP contribution in [0.25, 0.3) is 0 Å². The number of nitrogens with one attached hydrogen (secondary N) is 1. The maximum atomic E-state index is 13.5. The van der Waals surface area contributed by atoms with Gasteiger partial charge >= 0.3 is 0 Å². The van der Waals surface area contributed by atoms with Crippen molar-refractivity contribution < 1.29 is 9.18 Å². The summed E-state index contributed by atoms with van der Waals surface area (Å²) in [5.74, 6) is -0.349. The van der Waals surface area contributed by atoms with Gasteiger partial charge in [0, 0.05) is 11.7 Å². The molecule has 116 valence electrons. The monoisotopic (exact) mass is 292 g/mol. The molecule has 1 fully saturated rings. The number of rotatable bonds is 5. The van der Waals surface area contributed by atoms with Crippen molar-refractivity contribution in [2.24, 2.45) is 0 Å². The van der Waals surface area contributed by atoms with Gasteiger partial charge in [-0.15, -0.1) is 0 Å². The fourth-order valence-electron chi connectivity index (χ4n) is 3.00. The lowest BCUT2D eigenvalue weighted by Crippen LogP contribution is -2.41. The molecule has 2 rings (SSSR count). The van der Waals surface area contributed by atoms with E-state index in [1.165, 1.54) is 38.2 Å². The number of halogens is 1. The summed E-state index contributed by atoms with van der Waals surface area (Å²) in [6.45, 7) is 5.06. The molecule has 1 aromatic rings. The molecular weight excluding hydrogens is 267 g/mol. The summed E-state index contributed by atoms with van der Waals surface area (Å²) in [6.07, 6.45) is 6.18. The summed E-state index contributed by atoms with van der Waals surface area (Å²) in [7, 11) is 0. The molecule has 0 aromatic heterocycles. The first-order valence-electron chi connectivity index (χ1n) is 7.90. The Balaban J connectivity index is 1.91. The summed E-state index contributed by atoms with van der Waals surface area (Å²) in [5, 5.41) is 2.79. The van der Waals surface area contributed by atoms with Crippen LogP contribution in [-0.4, -0.2) is 29.9 Å². The van der Waals surface area contributed by atoms with Crippen molar-refractivity contribution in [3.05, 3.63) is 29.6 Å². The van der Waals surface area contributed by atoms with Gasteiger partial charge in [-0.25, -0.2) is 4.39 Å². The van der Waals surface area contributed by atoms with Crippen LogP contribution in [0.2, 0.25) is 0 Å². The first-order chi connectivity index (χ1) is 10.1. The molecule has 1 saturated carbocycles. The highest BCUT2D eigenvalue weighted by atomic mass is 19.1. The highest BCUT2D eigenvalue weighted by Gasteiger charge is 2.21. The highest BCUT2D eigenvalue weighted by molar-refractivity contribution is 5.92. The van der Waals surface area contributed by atoms with E-state index >= 15 is 0 Å². The molecule has 3 nitrogen and oxygen atoms in total. The molecule has 0 saturated heterocycles. The Kier molecular flexibility index (Phi) is 5.74. The number of carbonyl (C=O) groups excluding carboxylic acids is 1. The van der Waals surface area contributed by atoms with E-state index in [1.54, 1.807) is 19.1 Å². The molecule has 1 aliphatic rings. The predicted octanol–water partition coefficient (Wildman–Crippen LogP) is 3.73. The Morgan fingerprint density at radius 2 is 2.05 bits per heavy atom. The molecule has 0 heterocycles. The van der Waals surface area contributed by atoms with Crippen molar-refractivity contribution >= 4 is 11.6 Å². The van der Waals surface area contributed by atoms with Gasteiger partial charge in [0.2, 0.25) is 5.91 Å². The van der Waals surface area contributed by atoms with Gasteiger partial charge in [-0.1, -0.05) is 32.3 Å². The number of likely N-dealkylation sites (N-methyl/N-ethyl adjacent to an activating group) is 1. The molecule has 0 bridgehead atoms. The van der Waals surface area contributed by atoms with E-state index in [4.69, 9.17) is 0 Å². The van der Waals surface area contributed by atoms with Crippen LogP contribution in [0.1, 0.15) is 44.6 Å². The molecule has 0 unspecified atom stereocenters. The number of amides is 1. The van der Waals surface area contributed by atoms with E-state index in [0.717, 1.165) is 6.54 Å². The van der Waals surface area contributed by atoms with Crippen LogP contribution in [0.15, 0.2) is 18.2 Å². The lowest BCUT2D eigenvalue weighted by Gasteiger charge is -2.32. The Morgan fingerprint density at radius 1 is 1.33 bits per heavy atom. The van der Waals surface area contributed by atoms with Crippen LogP contribution < -0.4 is 5.32 Å². The number of aryl methyl sites for hydroxylation is 1. The van der Waals surface area contributed by atoms with Gasteiger partial charge in [-0.2, -0.15) is 0 Å². The molecule has 21 heavy (non-hydrogen) atoms. The van der Waals surface area contributed by atoms with E-state index in [2.05, 4.69) is 17.1 Å². The van der Waals surface area contributed by atoms with Gasteiger partial charge in [-0.3, -0.25) is 9.69 Å². The van der Waals surface area contributed by atoms with Gasteiger partial charge < -0.3 is 5.32 Å². The van der Waals surface area contributed by atoms with Crippen LogP contribution in [-0.2, 0) is 4.79 Å². The summed E-state index contributed by atoms with van der Waals surface area (Å²) in [6, 6.07) is 5.32. The minimum Gasteiger partial charge on any atom is -0.325 e. The zero-order valence-electron chi connectivity index (χ0n) is 13.0. The molecular formula is C17H25FN2O. The van der Waals surface area contributed by atoms with E-state index in [9.17, 15) is 9.18 Å². The molecule has 0 spiro atoms. The van der Waals surface area contributed by atoms with E-state index in [0.29, 0.717) is 23.8 Å². The second-order valence-electron chi connectivity index (χ2n) is 5.87. The largest absolute Gasteiger partial charge is 0.325 e. The van der Waals surface area contributed by atoms with Crippen molar-refractivity contribution in [3.63, 3.8) is 0 Å². The average molecular weight is 292 g/mol. The average Bonchev–Trinajstić information content (AvgIpc) is 2.49. The molecule has 0 atom stereocenters. The van der Waals surface area contributed by atoms with Gasteiger partial charge in [0.05, 0.1) is 6.54 Å². The number of anilines is 1. The first-order valence-corrected chi connectivity index (χ1v) is 7.90. The summed E-state index contributed by atoms with van der Waals surface area (Å²) >= 11 is 0.